The van der Waals surface area contributed by atoms with Crippen molar-refractivity contribution in [3.05, 3.63) is 116 Å². The molecular formula is C31H21BrN4O4S2. The predicted molar refractivity (Wildman–Crippen MR) is 167 cm³/mol. The van der Waals surface area contributed by atoms with Crippen LogP contribution in [0.1, 0.15) is 16.4 Å². The van der Waals surface area contributed by atoms with Crippen molar-refractivity contribution >= 4 is 78.9 Å². The van der Waals surface area contributed by atoms with Crippen molar-refractivity contribution in [2.45, 2.75) is 22.7 Å². The van der Waals surface area contributed by atoms with Gasteiger partial charge in [-0.2, -0.15) is 0 Å². The number of imide groups is 1. The van der Waals surface area contributed by atoms with Gasteiger partial charge in [0, 0.05) is 33.3 Å². The van der Waals surface area contributed by atoms with Gasteiger partial charge in [0.1, 0.15) is 11.8 Å². The molecule has 1 N–H and O–H groups in total. The minimum Gasteiger partial charge on any atom is -0.325 e. The molecule has 3 aromatic carbocycles. The third kappa shape index (κ3) is 4.57. The molecule has 0 bridgehead atoms. The molecule has 2 aromatic heterocycles. The third-order valence-electron chi connectivity index (χ3n) is 7.51. The van der Waals surface area contributed by atoms with Crippen molar-refractivity contribution in [2.75, 3.05) is 10.2 Å². The molecule has 0 spiro atoms. The average Bonchev–Trinajstić information content (AvgIpc) is 3.44. The van der Waals surface area contributed by atoms with Crippen LogP contribution in [0.5, 0.6) is 0 Å². The van der Waals surface area contributed by atoms with Gasteiger partial charge in [-0.05, 0) is 58.8 Å². The van der Waals surface area contributed by atoms with Gasteiger partial charge in [-0.3, -0.25) is 28.7 Å². The lowest BCUT2D eigenvalue weighted by molar-refractivity contribution is -0.122. The molecule has 1 fully saturated rings. The Hall–Kier alpha value is -4.06. The summed E-state index contributed by atoms with van der Waals surface area (Å²) in [6.45, 7) is -0.222. The molecule has 4 heterocycles. The van der Waals surface area contributed by atoms with E-state index in [1.54, 1.807) is 42.7 Å². The molecule has 0 saturated carbocycles. The molecule has 0 radical (unpaired) electrons. The smallest absolute Gasteiger partial charge is 0.308 e. The zero-order chi connectivity index (χ0) is 29.0. The Bertz CT molecular complexity index is 1940. The summed E-state index contributed by atoms with van der Waals surface area (Å²) in [5.74, 6) is -2.30. The first-order valence-corrected chi connectivity index (χ1v) is 15.6. The van der Waals surface area contributed by atoms with E-state index in [9.17, 15) is 19.2 Å². The summed E-state index contributed by atoms with van der Waals surface area (Å²) < 4.78 is 2.25. The molecule has 1 saturated heterocycles. The maximum atomic E-state index is 13.9. The molecule has 7 rings (SSSR count). The van der Waals surface area contributed by atoms with Crippen molar-refractivity contribution in [3.63, 3.8) is 0 Å². The Morgan fingerprint density at radius 1 is 0.929 bits per heavy atom. The van der Waals surface area contributed by atoms with Crippen LogP contribution in [-0.4, -0.2) is 32.5 Å². The summed E-state index contributed by atoms with van der Waals surface area (Å²) in [4.78, 5) is 60.1. The molecule has 2 aliphatic heterocycles. The van der Waals surface area contributed by atoms with E-state index in [4.69, 9.17) is 0 Å². The molecule has 8 nitrogen and oxygen atoms in total. The average molecular weight is 658 g/mol. The number of aromatic nitrogens is 2. The number of nitrogens with one attached hydrogen (secondary N) is 1. The third-order valence-corrected chi connectivity index (χ3v) is 10.6. The van der Waals surface area contributed by atoms with E-state index in [1.807, 2.05) is 48.5 Å². The first-order chi connectivity index (χ1) is 20.4. The van der Waals surface area contributed by atoms with Crippen molar-refractivity contribution in [1.82, 2.24) is 9.55 Å². The molecule has 3 amide bonds. The summed E-state index contributed by atoms with van der Waals surface area (Å²) in [6.07, 6.45) is 3.31. The van der Waals surface area contributed by atoms with Crippen LogP contribution >= 0.6 is 39.0 Å². The number of thiazole rings is 1. The molecule has 42 heavy (non-hydrogen) atoms. The van der Waals surface area contributed by atoms with E-state index >= 15 is 0 Å². The summed E-state index contributed by atoms with van der Waals surface area (Å²) in [6, 6.07) is 24.1. The largest absolute Gasteiger partial charge is 0.325 e. The molecule has 5 aromatic rings. The number of thioether (sulfide) groups is 1. The van der Waals surface area contributed by atoms with Crippen molar-refractivity contribution in [2.24, 2.45) is 5.92 Å². The van der Waals surface area contributed by atoms with Gasteiger partial charge in [0.25, 0.3) is 0 Å². The van der Waals surface area contributed by atoms with Gasteiger partial charge in [-0.25, -0.2) is 4.90 Å². The van der Waals surface area contributed by atoms with Gasteiger partial charge < -0.3 is 5.32 Å². The fourth-order valence-electron chi connectivity index (χ4n) is 5.63. The molecule has 0 aliphatic carbocycles. The Labute approximate surface area is 256 Å². The summed E-state index contributed by atoms with van der Waals surface area (Å²) >= 11 is 5.60. The second-order valence-electron chi connectivity index (χ2n) is 10.1. The molecular weight excluding hydrogens is 636 g/mol. The molecule has 208 valence electrons. The molecule has 11 heteroatoms. The van der Waals surface area contributed by atoms with Gasteiger partial charge in [-0.15, -0.1) is 0 Å². The first kappa shape index (κ1) is 26.8. The Kier molecular flexibility index (Phi) is 6.80. The molecule has 2 unspecified atom stereocenters. The van der Waals surface area contributed by atoms with Crippen LogP contribution < -0.4 is 15.1 Å². The molecule has 2 aliphatic rings. The Balaban J connectivity index is 1.25. The number of carbonyl (C=O) groups excluding carboxylic acids is 3. The second kappa shape index (κ2) is 10.6. The van der Waals surface area contributed by atoms with E-state index in [0.29, 0.717) is 21.3 Å². The summed E-state index contributed by atoms with van der Waals surface area (Å²) in [7, 11) is 0. The standard InChI is InChI=1S/C31H21BrN4O4S2/c32-20-8-11-22(12-9-20)36-28(38)25-24(19-6-3-13-33-15-19)27-30(41-26(25)29(36)39)35(31(40)42-27)16-23(37)34-21-10-7-17-4-1-2-5-18(17)14-21/h1-15,24-26H,16H2,(H,34,37)/t24-,25?,26?/m1/s1. The fraction of sp³-hybridized carbons (Fsp3) is 0.129. The topological polar surface area (TPSA) is 101 Å². The van der Waals surface area contributed by atoms with Gasteiger partial charge in [0.2, 0.25) is 17.7 Å². The van der Waals surface area contributed by atoms with Crippen molar-refractivity contribution < 1.29 is 14.4 Å². The Morgan fingerprint density at radius 2 is 1.71 bits per heavy atom. The van der Waals surface area contributed by atoms with Crippen LogP contribution in [0.4, 0.5) is 11.4 Å². The number of carbonyl (C=O) groups is 3. The van der Waals surface area contributed by atoms with E-state index in [0.717, 1.165) is 32.1 Å². The van der Waals surface area contributed by atoms with Gasteiger partial charge in [-0.1, -0.05) is 75.4 Å². The van der Waals surface area contributed by atoms with Crippen molar-refractivity contribution in [3.8, 4) is 0 Å². The van der Waals surface area contributed by atoms with E-state index in [-0.39, 0.29) is 29.1 Å². The zero-order valence-electron chi connectivity index (χ0n) is 21.8. The number of hydrogen-bond acceptors (Lipinski definition) is 7. The van der Waals surface area contributed by atoms with Crippen LogP contribution in [0.25, 0.3) is 10.8 Å². The second-order valence-corrected chi connectivity index (χ2v) is 13.1. The lowest BCUT2D eigenvalue weighted by atomic mass is 9.84. The van der Waals surface area contributed by atoms with Gasteiger partial charge in [0.05, 0.1) is 16.6 Å². The number of amides is 3. The lowest BCUT2D eigenvalue weighted by Crippen LogP contribution is -2.33. The number of nitrogens with zero attached hydrogens (tertiary/aromatic N) is 3. The minimum absolute atomic E-state index is 0.222. The van der Waals surface area contributed by atoms with E-state index in [2.05, 4.69) is 26.2 Å². The van der Waals surface area contributed by atoms with E-state index in [1.165, 1.54) is 21.2 Å². The van der Waals surface area contributed by atoms with Crippen LogP contribution in [0.2, 0.25) is 0 Å². The highest BCUT2D eigenvalue weighted by molar-refractivity contribution is 9.10. The van der Waals surface area contributed by atoms with Crippen molar-refractivity contribution in [1.29, 1.82) is 0 Å². The predicted octanol–water partition coefficient (Wildman–Crippen LogP) is 5.66. The highest BCUT2D eigenvalue weighted by Gasteiger charge is 2.56. The highest BCUT2D eigenvalue weighted by Crippen LogP contribution is 2.53. The van der Waals surface area contributed by atoms with E-state index < -0.39 is 17.1 Å². The number of halogens is 1. The quantitative estimate of drug-likeness (QED) is 0.245. The monoisotopic (exact) mass is 656 g/mol. The number of pyridine rings is 1. The van der Waals surface area contributed by atoms with Gasteiger partial charge in [0.15, 0.2) is 0 Å². The summed E-state index contributed by atoms with van der Waals surface area (Å²) in [5.41, 5.74) is 1.85. The number of benzene rings is 3. The maximum absolute atomic E-state index is 13.9. The minimum atomic E-state index is -0.761. The number of anilines is 2. The molecule has 3 atom stereocenters. The Morgan fingerprint density at radius 3 is 2.48 bits per heavy atom. The van der Waals surface area contributed by atoms with Crippen LogP contribution in [0, 0.1) is 5.92 Å². The number of hydrogen-bond donors (Lipinski definition) is 1. The normalized spacial score (nSPS) is 19.5. The zero-order valence-corrected chi connectivity index (χ0v) is 25.0. The van der Waals surface area contributed by atoms with Crippen LogP contribution in [-0.2, 0) is 20.9 Å². The fourth-order valence-corrected chi connectivity index (χ4v) is 8.67. The lowest BCUT2D eigenvalue weighted by Gasteiger charge is -2.30. The SMILES string of the molecule is O=C(Cn1c2c(sc1=O)[C@H](c1cccnc1)C1C(=O)N(c3ccc(Br)cc3)C(=O)C1S2)Nc1ccc2ccccc2c1. The first-order valence-electron chi connectivity index (χ1n) is 13.1. The maximum Gasteiger partial charge on any atom is 0.308 e. The number of fused-ring (bicyclic) bond motifs is 3. The van der Waals surface area contributed by atoms with Crippen LogP contribution in [0.15, 0.2) is 106 Å². The van der Waals surface area contributed by atoms with Gasteiger partial charge >= 0.3 is 4.87 Å². The number of rotatable bonds is 5. The summed E-state index contributed by atoms with van der Waals surface area (Å²) in [5, 5.41) is 4.71. The highest BCUT2D eigenvalue weighted by atomic mass is 79.9. The van der Waals surface area contributed by atoms with Crippen LogP contribution in [0.3, 0.4) is 0 Å².